The fourth-order valence-electron chi connectivity index (χ4n) is 1.66. The molecule has 86 valence electrons. The van der Waals surface area contributed by atoms with Crippen LogP contribution in [0.3, 0.4) is 0 Å². The molecule has 1 heterocycles. The Bertz CT molecular complexity index is 511. The van der Waals surface area contributed by atoms with Gasteiger partial charge in [0.25, 0.3) is 0 Å². The van der Waals surface area contributed by atoms with Gasteiger partial charge in [-0.05, 0) is 24.0 Å². The first-order chi connectivity index (χ1) is 8.31. The number of nitrogens with zero attached hydrogens (tertiary/aromatic N) is 1. The van der Waals surface area contributed by atoms with Gasteiger partial charge < -0.3 is 0 Å². The van der Waals surface area contributed by atoms with E-state index in [9.17, 15) is 4.79 Å². The average Bonchev–Trinajstić information content (AvgIpc) is 2.40. The zero-order valence-electron chi connectivity index (χ0n) is 9.59. The third-order valence-electron chi connectivity index (χ3n) is 2.49. The maximum atomic E-state index is 12.2. The highest BCUT2D eigenvalue weighted by Gasteiger charge is 2.10. The van der Waals surface area contributed by atoms with Crippen molar-refractivity contribution < 1.29 is 4.79 Å². The molecule has 3 heteroatoms. The van der Waals surface area contributed by atoms with Crippen molar-refractivity contribution in [3.05, 3.63) is 59.9 Å². The van der Waals surface area contributed by atoms with Crippen LogP contribution in [0.5, 0.6) is 0 Å². The van der Waals surface area contributed by atoms with E-state index in [1.54, 1.807) is 24.2 Å². The van der Waals surface area contributed by atoms with E-state index < -0.39 is 0 Å². The summed E-state index contributed by atoms with van der Waals surface area (Å²) in [6.45, 7) is 0. The van der Waals surface area contributed by atoms with Gasteiger partial charge in [-0.2, -0.15) is 0 Å². The van der Waals surface area contributed by atoms with Gasteiger partial charge in [0.2, 0.25) is 0 Å². The number of hydrogen-bond donors (Lipinski definition) is 0. The lowest BCUT2D eigenvalue weighted by atomic mass is 10.0. The fourth-order valence-corrected chi connectivity index (χ4v) is 2.27. The molecule has 1 aromatic carbocycles. The first-order valence-electron chi connectivity index (χ1n) is 5.36. The summed E-state index contributed by atoms with van der Waals surface area (Å²) in [4.78, 5) is 17.2. The minimum Gasteiger partial charge on any atom is -0.294 e. The Hall–Kier alpha value is -1.61. The van der Waals surface area contributed by atoms with E-state index in [0.29, 0.717) is 6.42 Å². The molecule has 0 atom stereocenters. The van der Waals surface area contributed by atoms with Crippen LogP contribution in [0.4, 0.5) is 0 Å². The number of aromatic nitrogens is 1. The van der Waals surface area contributed by atoms with Crippen molar-refractivity contribution >= 4 is 17.5 Å². The van der Waals surface area contributed by atoms with Crippen LogP contribution in [-0.2, 0) is 6.42 Å². The van der Waals surface area contributed by atoms with Crippen LogP contribution >= 0.6 is 11.8 Å². The van der Waals surface area contributed by atoms with Gasteiger partial charge in [-0.15, -0.1) is 11.8 Å². The Morgan fingerprint density at radius 2 is 2.06 bits per heavy atom. The number of benzene rings is 1. The molecular weight excluding hydrogens is 230 g/mol. The Kier molecular flexibility index (Phi) is 3.94. The van der Waals surface area contributed by atoms with Crippen LogP contribution in [0.25, 0.3) is 0 Å². The summed E-state index contributed by atoms with van der Waals surface area (Å²) in [6.07, 6.45) is 5.84. The Balaban J connectivity index is 2.20. The minimum absolute atomic E-state index is 0.142. The van der Waals surface area contributed by atoms with Crippen LogP contribution in [0.1, 0.15) is 15.9 Å². The second-order valence-electron chi connectivity index (χ2n) is 3.66. The van der Waals surface area contributed by atoms with Crippen molar-refractivity contribution in [1.82, 2.24) is 4.98 Å². The molecule has 0 bridgehead atoms. The smallest absolute Gasteiger partial charge is 0.168 e. The number of rotatable bonds is 4. The summed E-state index contributed by atoms with van der Waals surface area (Å²) < 4.78 is 0. The van der Waals surface area contributed by atoms with E-state index in [1.165, 1.54) is 0 Å². The van der Waals surface area contributed by atoms with Crippen LogP contribution < -0.4 is 0 Å². The first-order valence-corrected chi connectivity index (χ1v) is 6.59. The summed E-state index contributed by atoms with van der Waals surface area (Å²) >= 11 is 1.60. The van der Waals surface area contributed by atoms with E-state index in [4.69, 9.17) is 0 Å². The molecule has 0 saturated heterocycles. The predicted molar refractivity (Wildman–Crippen MR) is 70.5 cm³/mol. The number of hydrogen-bond acceptors (Lipinski definition) is 3. The van der Waals surface area contributed by atoms with Gasteiger partial charge in [0.15, 0.2) is 5.78 Å². The molecule has 0 amide bonds. The molecule has 2 aromatic rings. The number of carbonyl (C=O) groups excluding carboxylic acids is 1. The lowest BCUT2D eigenvalue weighted by molar-refractivity contribution is 0.0990. The maximum absolute atomic E-state index is 12.2. The molecule has 2 nitrogen and oxygen atoms in total. The van der Waals surface area contributed by atoms with Crippen molar-refractivity contribution in [2.45, 2.75) is 11.3 Å². The van der Waals surface area contributed by atoms with E-state index >= 15 is 0 Å². The lowest BCUT2D eigenvalue weighted by Crippen LogP contribution is -2.05. The topological polar surface area (TPSA) is 30.0 Å². The van der Waals surface area contributed by atoms with E-state index in [-0.39, 0.29) is 5.78 Å². The highest BCUT2D eigenvalue weighted by molar-refractivity contribution is 7.98. The quantitative estimate of drug-likeness (QED) is 0.610. The molecule has 1 aromatic heterocycles. The molecule has 0 aliphatic carbocycles. The third kappa shape index (κ3) is 2.94. The predicted octanol–water partition coefficient (Wildman–Crippen LogP) is 3.23. The van der Waals surface area contributed by atoms with Crippen LogP contribution in [0, 0.1) is 0 Å². The van der Waals surface area contributed by atoms with Crippen LogP contribution in [0.2, 0.25) is 0 Å². The first kappa shape index (κ1) is 11.9. The van der Waals surface area contributed by atoms with Crippen LogP contribution in [-0.4, -0.2) is 17.0 Å². The molecule has 0 aliphatic rings. The minimum atomic E-state index is 0.142. The van der Waals surface area contributed by atoms with Gasteiger partial charge in [-0.1, -0.05) is 24.3 Å². The van der Waals surface area contributed by atoms with E-state index in [2.05, 4.69) is 4.98 Å². The molecule has 0 saturated carbocycles. The molecule has 0 fully saturated rings. The number of ketones is 1. The zero-order chi connectivity index (χ0) is 12.1. The largest absolute Gasteiger partial charge is 0.294 e. The van der Waals surface area contributed by atoms with Crippen molar-refractivity contribution in [3.8, 4) is 0 Å². The average molecular weight is 243 g/mol. The molecule has 0 radical (unpaired) electrons. The normalized spacial score (nSPS) is 10.2. The van der Waals surface area contributed by atoms with Gasteiger partial charge in [0.1, 0.15) is 0 Å². The summed E-state index contributed by atoms with van der Waals surface area (Å²) in [5.74, 6) is 0.142. The highest BCUT2D eigenvalue weighted by Crippen LogP contribution is 2.21. The SMILES string of the molecule is CSc1ccccc1C(=O)Cc1cccnc1. The Labute approximate surface area is 105 Å². The van der Waals surface area contributed by atoms with Crippen molar-refractivity contribution in [2.24, 2.45) is 0 Å². The summed E-state index contributed by atoms with van der Waals surface area (Å²) in [5, 5.41) is 0. The number of pyridine rings is 1. The molecule has 0 spiro atoms. The van der Waals surface area contributed by atoms with Gasteiger partial charge in [0, 0.05) is 29.3 Å². The molecule has 0 N–H and O–H groups in total. The maximum Gasteiger partial charge on any atom is 0.168 e. The monoisotopic (exact) mass is 243 g/mol. The fraction of sp³-hybridized carbons (Fsp3) is 0.143. The Morgan fingerprint density at radius 1 is 1.24 bits per heavy atom. The van der Waals surface area contributed by atoms with Crippen molar-refractivity contribution in [1.29, 1.82) is 0 Å². The van der Waals surface area contributed by atoms with Crippen LogP contribution in [0.15, 0.2) is 53.7 Å². The molecule has 0 unspecified atom stereocenters. The molecule has 0 aliphatic heterocycles. The van der Waals surface area contributed by atoms with E-state index in [1.807, 2.05) is 42.7 Å². The molecule has 2 rings (SSSR count). The molecular formula is C14H13NOS. The standard InChI is InChI=1S/C14H13NOS/c1-17-14-7-3-2-6-12(14)13(16)9-11-5-4-8-15-10-11/h2-8,10H,9H2,1H3. The zero-order valence-corrected chi connectivity index (χ0v) is 10.4. The summed E-state index contributed by atoms with van der Waals surface area (Å²) in [7, 11) is 0. The summed E-state index contributed by atoms with van der Waals surface area (Å²) in [5.41, 5.74) is 1.75. The molecule has 17 heavy (non-hydrogen) atoms. The third-order valence-corrected chi connectivity index (χ3v) is 3.29. The number of Topliss-reactive ketones (excluding diaryl/α,β-unsaturated/α-hetero) is 1. The van der Waals surface area contributed by atoms with Gasteiger partial charge >= 0.3 is 0 Å². The van der Waals surface area contributed by atoms with Crippen molar-refractivity contribution in [3.63, 3.8) is 0 Å². The van der Waals surface area contributed by atoms with Gasteiger partial charge in [0.05, 0.1) is 0 Å². The van der Waals surface area contributed by atoms with Crippen molar-refractivity contribution in [2.75, 3.05) is 6.26 Å². The number of carbonyl (C=O) groups is 1. The number of thioether (sulfide) groups is 1. The second-order valence-corrected chi connectivity index (χ2v) is 4.51. The Morgan fingerprint density at radius 3 is 2.76 bits per heavy atom. The van der Waals surface area contributed by atoms with E-state index in [0.717, 1.165) is 16.0 Å². The lowest BCUT2D eigenvalue weighted by Gasteiger charge is -2.05. The van der Waals surface area contributed by atoms with Gasteiger partial charge in [-0.3, -0.25) is 9.78 Å². The highest BCUT2D eigenvalue weighted by atomic mass is 32.2. The summed E-state index contributed by atoms with van der Waals surface area (Å²) in [6, 6.07) is 11.5. The second kappa shape index (κ2) is 5.64. The van der Waals surface area contributed by atoms with Gasteiger partial charge in [-0.25, -0.2) is 0 Å².